The minimum atomic E-state index is -3.44. The highest BCUT2D eigenvalue weighted by molar-refractivity contribution is 7.89. The van der Waals surface area contributed by atoms with Crippen LogP contribution >= 0.6 is 0 Å². The maximum Gasteiger partial charge on any atom is 0.243 e. The molecule has 112 valence electrons. The molecule has 0 radical (unpaired) electrons. The first-order chi connectivity index (χ1) is 10.0. The molecular weight excluding hydrogens is 284 g/mol. The van der Waals surface area contributed by atoms with Gasteiger partial charge in [0.2, 0.25) is 10.0 Å². The maximum atomic E-state index is 12.9. The third kappa shape index (κ3) is 2.47. The van der Waals surface area contributed by atoms with Crippen molar-refractivity contribution in [1.82, 2.24) is 4.31 Å². The van der Waals surface area contributed by atoms with Crippen molar-refractivity contribution in [3.05, 3.63) is 29.3 Å². The molecule has 0 bridgehead atoms. The summed E-state index contributed by atoms with van der Waals surface area (Å²) in [6, 6.07) is 7.07. The van der Waals surface area contributed by atoms with Gasteiger partial charge in [0.05, 0.1) is 16.5 Å². The molecule has 1 heterocycles. The smallest absolute Gasteiger partial charge is 0.207 e. The number of fused-ring (bicyclic) bond motifs is 1. The van der Waals surface area contributed by atoms with Crippen molar-refractivity contribution in [3.63, 3.8) is 0 Å². The zero-order valence-corrected chi connectivity index (χ0v) is 13.1. The molecule has 1 aromatic carbocycles. The molecule has 4 nitrogen and oxygen atoms in total. The van der Waals surface area contributed by atoms with Gasteiger partial charge in [-0.3, -0.25) is 0 Å². The van der Waals surface area contributed by atoms with Crippen molar-refractivity contribution in [1.29, 1.82) is 5.26 Å². The largest absolute Gasteiger partial charge is 0.243 e. The number of aryl methyl sites for hydroxylation is 1. The average Bonchev–Trinajstić information content (AvgIpc) is 2.95. The fourth-order valence-corrected chi connectivity index (χ4v) is 5.60. The van der Waals surface area contributed by atoms with Crippen LogP contribution in [0.5, 0.6) is 0 Å². The quantitative estimate of drug-likeness (QED) is 0.844. The van der Waals surface area contributed by atoms with Crippen LogP contribution in [-0.2, 0) is 10.0 Å². The lowest BCUT2D eigenvalue weighted by Crippen LogP contribution is -2.46. The van der Waals surface area contributed by atoms with Gasteiger partial charge in [-0.25, -0.2) is 8.42 Å². The van der Waals surface area contributed by atoms with E-state index in [-0.39, 0.29) is 6.04 Å². The second kappa shape index (κ2) is 5.43. The Bertz CT molecular complexity index is 691. The van der Waals surface area contributed by atoms with Crippen molar-refractivity contribution in [2.75, 3.05) is 6.54 Å². The highest BCUT2D eigenvalue weighted by Gasteiger charge is 2.41. The third-order valence-electron chi connectivity index (χ3n) is 4.87. The van der Waals surface area contributed by atoms with E-state index in [0.717, 1.165) is 37.7 Å². The number of rotatable bonds is 2. The Labute approximate surface area is 126 Å². The van der Waals surface area contributed by atoms with E-state index in [9.17, 15) is 8.42 Å². The molecule has 1 aliphatic carbocycles. The highest BCUT2D eigenvalue weighted by Crippen LogP contribution is 2.39. The molecule has 1 saturated carbocycles. The first-order valence-electron chi connectivity index (χ1n) is 7.56. The lowest BCUT2D eigenvalue weighted by Gasteiger charge is -2.36. The molecule has 0 N–H and O–H groups in total. The summed E-state index contributed by atoms with van der Waals surface area (Å²) in [5.41, 5.74) is 1.25. The number of nitriles is 1. The second-order valence-electron chi connectivity index (χ2n) is 6.10. The summed E-state index contributed by atoms with van der Waals surface area (Å²) in [7, 11) is -3.44. The molecule has 2 unspecified atom stereocenters. The first-order valence-corrected chi connectivity index (χ1v) is 9.00. The van der Waals surface area contributed by atoms with Crippen molar-refractivity contribution in [3.8, 4) is 6.07 Å². The van der Waals surface area contributed by atoms with Gasteiger partial charge < -0.3 is 0 Å². The summed E-state index contributed by atoms with van der Waals surface area (Å²) in [6.07, 6.45) is 5.38. The van der Waals surface area contributed by atoms with Crippen LogP contribution in [0.25, 0.3) is 0 Å². The van der Waals surface area contributed by atoms with E-state index in [1.54, 1.807) is 29.4 Å². The molecule has 0 spiro atoms. The van der Waals surface area contributed by atoms with E-state index >= 15 is 0 Å². The van der Waals surface area contributed by atoms with Gasteiger partial charge in [0.25, 0.3) is 0 Å². The lowest BCUT2D eigenvalue weighted by molar-refractivity contribution is 0.202. The molecule has 1 saturated heterocycles. The molecular formula is C16H20N2O2S. The number of hydrogen-bond acceptors (Lipinski definition) is 3. The Morgan fingerprint density at radius 2 is 2.00 bits per heavy atom. The Hall–Kier alpha value is -1.38. The van der Waals surface area contributed by atoms with Crippen molar-refractivity contribution in [2.24, 2.45) is 5.92 Å². The van der Waals surface area contributed by atoms with Gasteiger partial charge in [0.15, 0.2) is 0 Å². The van der Waals surface area contributed by atoms with E-state index in [4.69, 9.17) is 5.26 Å². The van der Waals surface area contributed by atoms with Gasteiger partial charge in [0, 0.05) is 12.6 Å². The topological polar surface area (TPSA) is 61.2 Å². The van der Waals surface area contributed by atoms with Crippen LogP contribution < -0.4 is 0 Å². The molecule has 2 aliphatic rings. The van der Waals surface area contributed by atoms with E-state index in [0.29, 0.717) is 22.9 Å². The van der Waals surface area contributed by atoms with E-state index in [2.05, 4.69) is 6.07 Å². The van der Waals surface area contributed by atoms with Crippen molar-refractivity contribution < 1.29 is 8.42 Å². The summed E-state index contributed by atoms with van der Waals surface area (Å²) in [4.78, 5) is 0.326. The van der Waals surface area contributed by atoms with Gasteiger partial charge in [-0.15, -0.1) is 0 Å². The van der Waals surface area contributed by atoms with Crippen LogP contribution in [0.4, 0.5) is 0 Å². The molecule has 21 heavy (non-hydrogen) atoms. The number of hydrogen-bond donors (Lipinski definition) is 0. The first kappa shape index (κ1) is 14.6. The minimum Gasteiger partial charge on any atom is -0.207 e. The predicted molar refractivity (Wildman–Crippen MR) is 80.1 cm³/mol. The summed E-state index contributed by atoms with van der Waals surface area (Å²) in [5, 5.41) is 8.97. The molecule has 2 fully saturated rings. The SMILES string of the molecule is Cc1cc(S(=O)(=O)N2CCCC3CCCC32)ccc1C#N. The maximum absolute atomic E-state index is 12.9. The number of sulfonamides is 1. The standard InChI is InChI=1S/C16H20N2O2S/c1-12-10-15(8-7-14(12)11-17)21(19,20)18-9-3-5-13-4-2-6-16(13)18/h7-8,10,13,16H,2-6,9H2,1H3. The van der Waals surface area contributed by atoms with Crippen molar-refractivity contribution >= 4 is 10.0 Å². The van der Waals surface area contributed by atoms with Gasteiger partial charge in [0.1, 0.15) is 0 Å². The van der Waals surface area contributed by atoms with Crippen LogP contribution in [0.3, 0.4) is 0 Å². The van der Waals surface area contributed by atoms with Crippen LogP contribution in [-0.4, -0.2) is 25.3 Å². The molecule has 5 heteroatoms. The van der Waals surface area contributed by atoms with Crippen LogP contribution in [0.2, 0.25) is 0 Å². The fourth-order valence-electron chi connectivity index (χ4n) is 3.76. The highest BCUT2D eigenvalue weighted by atomic mass is 32.2. The molecule has 0 aromatic heterocycles. The summed E-state index contributed by atoms with van der Waals surface area (Å²) >= 11 is 0. The Balaban J connectivity index is 1.96. The summed E-state index contributed by atoms with van der Waals surface area (Å²) in [6.45, 7) is 2.41. The molecule has 3 rings (SSSR count). The van der Waals surface area contributed by atoms with Crippen LogP contribution in [0.15, 0.2) is 23.1 Å². The van der Waals surface area contributed by atoms with Gasteiger partial charge >= 0.3 is 0 Å². The van der Waals surface area contributed by atoms with Gasteiger partial charge in [-0.05, 0) is 62.3 Å². The zero-order chi connectivity index (χ0) is 15.0. The third-order valence-corrected chi connectivity index (χ3v) is 6.79. The molecule has 0 amide bonds. The Kier molecular flexibility index (Phi) is 3.76. The lowest BCUT2D eigenvalue weighted by atomic mass is 9.94. The fraction of sp³-hybridized carbons (Fsp3) is 0.562. The molecule has 2 atom stereocenters. The minimum absolute atomic E-state index is 0.180. The number of nitrogens with zero attached hydrogens (tertiary/aromatic N) is 2. The summed E-state index contributed by atoms with van der Waals surface area (Å²) in [5.74, 6) is 0.535. The van der Waals surface area contributed by atoms with E-state index < -0.39 is 10.0 Å². The van der Waals surface area contributed by atoms with E-state index in [1.807, 2.05) is 0 Å². The van der Waals surface area contributed by atoms with Gasteiger partial charge in [-0.2, -0.15) is 9.57 Å². The number of piperidine rings is 1. The Morgan fingerprint density at radius 1 is 1.24 bits per heavy atom. The normalized spacial score (nSPS) is 26.3. The molecule has 1 aromatic rings. The monoisotopic (exact) mass is 304 g/mol. The Morgan fingerprint density at radius 3 is 2.71 bits per heavy atom. The van der Waals surface area contributed by atoms with Crippen LogP contribution in [0.1, 0.15) is 43.2 Å². The zero-order valence-electron chi connectivity index (χ0n) is 12.2. The predicted octanol–water partition coefficient (Wildman–Crippen LogP) is 2.82. The van der Waals surface area contributed by atoms with Crippen LogP contribution in [0, 0.1) is 24.2 Å². The average molecular weight is 304 g/mol. The van der Waals surface area contributed by atoms with Gasteiger partial charge in [-0.1, -0.05) is 6.42 Å². The summed E-state index contributed by atoms with van der Waals surface area (Å²) < 4.78 is 27.6. The number of benzene rings is 1. The second-order valence-corrected chi connectivity index (χ2v) is 8.00. The van der Waals surface area contributed by atoms with E-state index in [1.165, 1.54) is 0 Å². The molecule has 1 aliphatic heterocycles. The van der Waals surface area contributed by atoms with Crippen molar-refractivity contribution in [2.45, 2.75) is 50.0 Å².